The van der Waals surface area contributed by atoms with Crippen molar-refractivity contribution >= 4 is 23.5 Å². The number of hydrogen-bond acceptors (Lipinski definition) is 6. The lowest BCUT2D eigenvalue weighted by atomic mass is 10.1. The zero-order valence-corrected chi connectivity index (χ0v) is 21.0. The fraction of sp³-hybridized carbons (Fsp3) is 0.370. The van der Waals surface area contributed by atoms with Gasteiger partial charge >= 0.3 is 0 Å². The van der Waals surface area contributed by atoms with Crippen molar-refractivity contribution in [1.29, 1.82) is 0 Å². The Kier molecular flexibility index (Phi) is 8.19. The molecule has 2 aromatic carbocycles. The first kappa shape index (κ1) is 24.2. The minimum absolute atomic E-state index is 0.0276. The molecule has 0 atom stereocenters. The quantitative estimate of drug-likeness (QED) is 0.380. The Bertz CT molecular complexity index is 1100. The maximum Gasteiger partial charge on any atom is 0.251 e. The number of carbonyl (C=O) groups is 1. The summed E-state index contributed by atoms with van der Waals surface area (Å²) in [7, 11) is 2.16. The molecule has 3 aromatic rings. The topological polar surface area (TPSA) is 61.4 Å². The van der Waals surface area contributed by atoms with Gasteiger partial charge in [0.15, 0.2) is 5.16 Å². The van der Waals surface area contributed by atoms with Gasteiger partial charge < -0.3 is 15.1 Å². The molecule has 2 heterocycles. The molecule has 0 spiro atoms. The minimum atomic E-state index is -0.0276. The number of amides is 1. The van der Waals surface area contributed by atoms with Crippen LogP contribution in [0.25, 0.3) is 11.3 Å². The molecule has 34 heavy (non-hydrogen) atoms. The van der Waals surface area contributed by atoms with Crippen LogP contribution in [0.4, 0.5) is 5.82 Å². The summed E-state index contributed by atoms with van der Waals surface area (Å²) in [5.41, 5.74) is 3.80. The van der Waals surface area contributed by atoms with E-state index in [4.69, 9.17) is 9.97 Å². The molecule has 1 aliphatic heterocycles. The van der Waals surface area contributed by atoms with Crippen molar-refractivity contribution in [2.24, 2.45) is 5.92 Å². The van der Waals surface area contributed by atoms with Gasteiger partial charge in [-0.15, -0.1) is 0 Å². The number of hydrogen-bond donors (Lipinski definition) is 1. The van der Waals surface area contributed by atoms with E-state index in [2.05, 4.69) is 60.3 Å². The van der Waals surface area contributed by atoms with Crippen molar-refractivity contribution in [2.45, 2.75) is 24.8 Å². The summed E-state index contributed by atoms with van der Waals surface area (Å²) < 4.78 is 0. The molecule has 7 heteroatoms. The molecule has 0 radical (unpaired) electrons. The van der Waals surface area contributed by atoms with Crippen LogP contribution < -0.4 is 10.2 Å². The van der Waals surface area contributed by atoms with E-state index in [1.807, 2.05) is 36.4 Å². The second kappa shape index (κ2) is 11.5. The van der Waals surface area contributed by atoms with Gasteiger partial charge in [-0.25, -0.2) is 9.97 Å². The number of nitrogens with one attached hydrogen (secondary N) is 1. The molecule has 0 unspecified atom stereocenters. The van der Waals surface area contributed by atoms with Crippen LogP contribution in [0.15, 0.2) is 65.8 Å². The molecule has 1 saturated heterocycles. The third kappa shape index (κ3) is 6.58. The van der Waals surface area contributed by atoms with Crippen LogP contribution in [0.2, 0.25) is 0 Å². The van der Waals surface area contributed by atoms with Crippen molar-refractivity contribution in [2.75, 3.05) is 44.7 Å². The number of aromatic nitrogens is 2. The molecule has 178 valence electrons. The first-order valence-electron chi connectivity index (χ1n) is 11.9. The lowest BCUT2D eigenvalue weighted by Gasteiger charge is -2.33. The number of anilines is 1. The van der Waals surface area contributed by atoms with Crippen LogP contribution in [0.5, 0.6) is 0 Å². The summed E-state index contributed by atoms with van der Waals surface area (Å²) in [4.78, 5) is 26.9. The van der Waals surface area contributed by atoms with E-state index >= 15 is 0 Å². The fourth-order valence-corrected chi connectivity index (χ4v) is 4.58. The van der Waals surface area contributed by atoms with Gasteiger partial charge in [-0.2, -0.15) is 0 Å². The number of nitrogens with zero attached hydrogens (tertiary/aromatic N) is 4. The standard InChI is InChI=1S/C27H33N5OS/c1-20(2)18-28-26(33)23-11-7-8-21(16-23)19-34-27-29-24(22-9-5-4-6-10-22)17-25(30-27)32-14-12-31(3)13-15-32/h4-11,16-17,20H,12-15,18-19H2,1-3H3,(H,28,33). The Balaban J connectivity index is 1.53. The number of carbonyl (C=O) groups excluding carboxylic acids is 1. The molecule has 1 aliphatic rings. The second-order valence-corrected chi connectivity index (χ2v) is 10.1. The monoisotopic (exact) mass is 475 g/mol. The third-order valence-electron chi connectivity index (χ3n) is 5.82. The Morgan fingerprint density at radius 3 is 2.50 bits per heavy atom. The van der Waals surface area contributed by atoms with Crippen LogP contribution >= 0.6 is 11.8 Å². The molecule has 0 aliphatic carbocycles. The number of rotatable bonds is 8. The smallest absolute Gasteiger partial charge is 0.251 e. The highest BCUT2D eigenvalue weighted by Crippen LogP contribution is 2.28. The lowest BCUT2D eigenvalue weighted by Crippen LogP contribution is -2.44. The number of likely N-dealkylation sites (N-methyl/N-ethyl adjacent to an activating group) is 1. The van der Waals surface area contributed by atoms with Gasteiger partial charge in [-0.05, 0) is 30.7 Å². The predicted octanol–water partition coefficient (Wildman–Crippen LogP) is 4.57. The number of benzene rings is 2. The molecule has 0 bridgehead atoms. The highest BCUT2D eigenvalue weighted by atomic mass is 32.2. The Morgan fingerprint density at radius 1 is 1.00 bits per heavy atom. The normalized spacial score (nSPS) is 14.4. The molecule has 1 N–H and O–H groups in total. The van der Waals surface area contributed by atoms with Crippen molar-refractivity contribution in [3.8, 4) is 11.3 Å². The van der Waals surface area contributed by atoms with E-state index in [1.165, 1.54) is 0 Å². The van der Waals surface area contributed by atoms with Crippen LogP contribution in [0.3, 0.4) is 0 Å². The van der Waals surface area contributed by atoms with Crippen molar-refractivity contribution in [3.63, 3.8) is 0 Å². The Labute approximate surface area is 206 Å². The van der Waals surface area contributed by atoms with Gasteiger partial charge in [0.1, 0.15) is 5.82 Å². The summed E-state index contributed by atoms with van der Waals surface area (Å²) >= 11 is 1.61. The maximum absolute atomic E-state index is 12.5. The molecular formula is C27H33N5OS. The molecule has 1 amide bonds. The summed E-state index contributed by atoms with van der Waals surface area (Å²) in [5.74, 6) is 2.07. The summed E-state index contributed by atoms with van der Waals surface area (Å²) in [6.45, 7) is 8.82. The van der Waals surface area contributed by atoms with Crippen molar-refractivity contribution in [1.82, 2.24) is 20.2 Å². The molecule has 4 rings (SSSR count). The molecule has 1 aromatic heterocycles. The van der Waals surface area contributed by atoms with Gasteiger partial charge in [0.05, 0.1) is 5.69 Å². The largest absolute Gasteiger partial charge is 0.354 e. The van der Waals surface area contributed by atoms with E-state index in [1.54, 1.807) is 11.8 Å². The SMILES string of the molecule is CC(C)CNC(=O)c1cccc(CSc2nc(-c3ccccc3)cc(N3CCN(C)CC3)n2)c1. The molecule has 6 nitrogen and oxygen atoms in total. The van der Waals surface area contributed by atoms with Crippen molar-refractivity contribution < 1.29 is 4.79 Å². The average molecular weight is 476 g/mol. The minimum Gasteiger partial charge on any atom is -0.354 e. The zero-order chi connectivity index (χ0) is 23.9. The van der Waals surface area contributed by atoms with Crippen LogP contribution in [0, 0.1) is 5.92 Å². The van der Waals surface area contributed by atoms with Crippen LogP contribution in [-0.2, 0) is 5.75 Å². The maximum atomic E-state index is 12.5. The van der Waals surface area contributed by atoms with Crippen LogP contribution in [-0.4, -0.2) is 60.5 Å². The number of thioether (sulfide) groups is 1. The van der Waals surface area contributed by atoms with E-state index in [0.29, 0.717) is 23.8 Å². The van der Waals surface area contributed by atoms with E-state index in [9.17, 15) is 4.79 Å². The molecule has 0 saturated carbocycles. The van der Waals surface area contributed by atoms with E-state index in [-0.39, 0.29) is 5.91 Å². The van der Waals surface area contributed by atoms with Gasteiger partial charge in [-0.3, -0.25) is 4.79 Å². The van der Waals surface area contributed by atoms with E-state index < -0.39 is 0 Å². The highest BCUT2D eigenvalue weighted by molar-refractivity contribution is 7.98. The van der Waals surface area contributed by atoms with Gasteiger partial charge in [-0.1, -0.05) is 68.1 Å². The van der Waals surface area contributed by atoms with Gasteiger partial charge in [0, 0.05) is 55.7 Å². The predicted molar refractivity (Wildman–Crippen MR) is 140 cm³/mol. The Morgan fingerprint density at radius 2 is 1.76 bits per heavy atom. The Hall–Kier alpha value is -2.90. The summed E-state index contributed by atoms with van der Waals surface area (Å²) in [6, 6.07) is 20.2. The number of piperazine rings is 1. The first-order valence-corrected chi connectivity index (χ1v) is 12.8. The average Bonchev–Trinajstić information content (AvgIpc) is 2.87. The summed E-state index contributed by atoms with van der Waals surface area (Å²) in [6.07, 6.45) is 0. The highest BCUT2D eigenvalue weighted by Gasteiger charge is 2.18. The lowest BCUT2D eigenvalue weighted by molar-refractivity contribution is 0.0949. The second-order valence-electron chi connectivity index (χ2n) is 9.14. The van der Waals surface area contributed by atoms with Gasteiger partial charge in [0.2, 0.25) is 0 Å². The zero-order valence-electron chi connectivity index (χ0n) is 20.2. The van der Waals surface area contributed by atoms with E-state index in [0.717, 1.165) is 54.0 Å². The van der Waals surface area contributed by atoms with Crippen LogP contribution in [0.1, 0.15) is 29.8 Å². The molecule has 1 fully saturated rings. The summed E-state index contributed by atoms with van der Waals surface area (Å²) in [5, 5.41) is 3.75. The fourth-order valence-electron chi connectivity index (χ4n) is 3.78. The molecular weight excluding hydrogens is 442 g/mol. The van der Waals surface area contributed by atoms with Gasteiger partial charge in [0.25, 0.3) is 5.91 Å². The van der Waals surface area contributed by atoms with Crippen molar-refractivity contribution in [3.05, 3.63) is 71.8 Å². The first-order chi connectivity index (χ1) is 16.5. The third-order valence-corrected chi connectivity index (χ3v) is 6.74.